The van der Waals surface area contributed by atoms with E-state index in [1.165, 1.54) is 5.56 Å². The number of aliphatic hydroxyl groups excluding tert-OH is 1. The van der Waals surface area contributed by atoms with Gasteiger partial charge in [-0.2, -0.15) is 0 Å². The number of anilines is 1. The van der Waals surface area contributed by atoms with Crippen LogP contribution < -0.4 is 5.32 Å². The molecule has 0 unspecified atom stereocenters. The van der Waals surface area contributed by atoms with E-state index >= 15 is 0 Å². The molecule has 124 valence electrons. The van der Waals surface area contributed by atoms with Crippen LogP contribution in [-0.4, -0.2) is 78.9 Å². The number of amides is 1. The Morgan fingerprint density at radius 3 is 2.87 bits per heavy atom. The zero-order valence-corrected chi connectivity index (χ0v) is 13.1. The smallest absolute Gasteiger partial charge is 0.237 e. The molecule has 3 aliphatic heterocycles. The maximum absolute atomic E-state index is 12.7. The van der Waals surface area contributed by atoms with Crippen molar-refractivity contribution in [1.82, 2.24) is 9.80 Å². The third-order valence-corrected chi connectivity index (χ3v) is 5.30. The monoisotopic (exact) mass is 317 g/mol. The van der Waals surface area contributed by atoms with Crippen LogP contribution in [0.3, 0.4) is 0 Å². The third-order valence-electron chi connectivity index (χ3n) is 5.30. The second-order valence-corrected chi connectivity index (χ2v) is 6.50. The van der Waals surface area contributed by atoms with E-state index in [-0.39, 0.29) is 30.5 Å². The van der Waals surface area contributed by atoms with Crippen molar-refractivity contribution in [3.05, 3.63) is 29.8 Å². The Kier molecular flexibility index (Phi) is 3.97. The van der Waals surface area contributed by atoms with Gasteiger partial charge in [0.05, 0.1) is 38.4 Å². The van der Waals surface area contributed by atoms with Gasteiger partial charge in [0.2, 0.25) is 5.91 Å². The Morgan fingerprint density at radius 1 is 1.30 bits per heavy atom. The number of morpholine rings is 1. The van der Waals surface area contributed by atoms with Crippen molar-refractivity contribution in [2.75, 3.05) is 51.3 Å². The fourth-order valence-corrected chi connectivity index (χ4v) is 4.15. The summed E-state index contributed by atoms with van der Waals surface area (Å²) < 4.78 is 5.33. The normalized spacial score (nSPS) is 30.0. The lowest BCUT2D eigenvalue weighted by atomic mass is 9.72. The minimum atomic E-state index is -0.100. The topological polar surface area (TPSA) is 65.0 Å². The SMILES string of the molecule is O=C(CN1CCOCC1)N1[C@@H](CO)[C@@H]2c3ccccc3NC[C@@H]21. The molecule has 2 saturated heterocycles. The van der Waals surface area contributed by atoms with Gasteiger partial charge in [-0.1, -0.05) is 18.2 Å². The Morgan fingerprint density at radius 2 is 2.09 bits per heavy atom. The van der Waals surface area contributed by atoms with Crippen LogP contribution in [0, 0.1) is 0 Å². The molecule has 6 heteroatoms. The summed E-state index contributed by atoms with van der Waals surface area (Å²) in [6.07, 6.45) is 0. The molecule has 1 aromatic carbocycles. The molecular weight excluding hydrogens is 294 g/mol. The number of fused-ring (bicyclic) bond motifs is 3. The van der Waals surface area contributed by atoms with Crippen molar-refractivity contribution in [2.24, 2.45) is 0 Å². The molecule has 2 fully saturated rings. The van der Waals surface area contributed by atoms with Gasteiger partial charge in [-0.15, -0.1) is 0 Å². The van der Waals surface area contributed by atoms with E-state index in [1.54, 1.807) is 0 Å². The number of hydrogen-bond donors (Lipinski definition) is 2. The van der Waals surface area contributed by atoms with Crippen LogP contribution in [0.25, 0.3) is 0 Å². The molecule has 0 aliphatic carbocycles. The zero-order chi connectivity index (χ0) is 15.8. The summed E-state index contributed by atoms with van der Waals surface area (Å²) in [5, 5.41) is 13.2. The van der Waals surface area contributed by atoms with Gasteiger partial charge in [0.1, 0.15) is 0 Å². The number of ether oxygens (including phenoxy) is 1. The molecule has 6 nitrogen and oxygen atoms in total. The molecule has 0 bridgehead atoms. The lowest BCUT2D eigenvalue weighted by molar-refractivity contribution is -0.152. The van der Waals surface area contributed by atoms with E-state index in [0.29, 0.717) is 19.8 Å². The average Bonchev–Trinajstić information content (AvgIpc) is 2.56. The largest absolute Gasteiger partial charge is 0.394 e. The lowest BCUT2D eigenvalue weighted by Gasteiger charge is -2.57. The first-order valence-corrected chi connectivity index (χ1v) is 8.34. The summed E-state index contributed by atoms with van der Waals surface area (Å²) in [5.41, 5.74) is 2.35. The molecule has 1 amide bonds. The number of nitrogens with one attached hydrogen (secondary N) is 1. The van der Waals surface area contributed by atoms with Gasteiger partial charge >= 0.3 is 0 Å². The van der Waals surface area contributed by atoms with E-state index in [0.717, 1.165) is 25.3 Å². The van der Waals surface area contributed by atoms with E-state index in [1.807, 2.05) is 17.0 Å². The Labute approximate surface area is 136 Å². The van der Waals surface area contributed by atoms with Gasteiger partial charge in [-0.05, 0) is 11.6 Å². The molecule has 3 heterocycles. The van der Waals surface area contributed by atoms with E-state index in [9.17, 15) is 9.90 Å². The predicted octanol–water partition coefficient (Wildman–Crippen LogP) is 0.0996. The highest BCUT2D eigenvalue weighted by Gasteiger charge is 2.53. The Hall–Kier alpha value is -1.63. The maximum atomic E-state index is 12.7. The average molecular weight is 317 g/mol. The van der Waals surface area contributed by atoms with Crippen LogP contribution in [0.15, 0.2) is 24.3 Å². The summed E-state index contributed by atoms with van der Waals surface area (Å²) in [6, 6.07) is 8.26. The van der Waals surface area contributed by atoms with Crippen molar-refractivity contribution in [3.8, 4) is 0 Å². The van der Waals surface area contributed by atoms with Gasteiger partial charge in [0, 0.05) is 31.2 Å². The van der Waals surface area contributed by atoms with Crippen molar-refractivity contribution >= 4 is 11.6 Å². The molecule has 0 aromatic heterocycles. The molecule has 3 atom stereocenters. The fraction of sp³-hybridized carbons (Fsp3) is 0.588. The van der Waals surface area contributed by atoms with Gasteiger partial charge in [0.25, 0.3) is 0 Å². The first-order chi connectivity index (χ1) is 11.3. The van der Waals surface area contributed by atoms with Crippen LogP contribution in [-0.2, 0) is 9.53 Å². The first kappa shape index (κ1) is 14.9. The molecule has 23 heavy (non-hydrogen) atoms. The lowest BCUT2D eigenvalue weighted by Crippen LogP contribution is -2.70. The van der Waals surface area contributed by atoms with Crippen LogP contribution in [0.1, 0.15) is 11.5 Å². The van der Waals surface area contributed by atoms with Crippen LogP contribution in [0.4, 0.5) is 5.69 Å². The van der Waals surface area contributed by atoms with Gasteiger partial charge < -0.3 is 20.1 Å². The summed E-state index contributed by atoms with van der Waals surface area (Å²) in [6.45, 7) is 4.19. The zero-order valence-electron chi connectivity index (χ0n) is 13.1. The number of carbonyl (C=O) groups excluding carboxylic acids is 1. The van der Waals surface area contributed by atoms with Crippen LogP contribution in [0.5, 0.6) is 0 Å². The number of likely N-dealkylation sites (tertiary alicyclic amines) is 1. The quantitative estimate of drug-likeness (QED) is 0.828. The van der Waals surface area contributed by atoms with E-state index in [4.69, 9.17) is 4.74 Å². The first-order valence-electron chi connectivity index (χ1n) is 8.34. The number of aliphatic hydroxyl groups is 1. The Bertz CT molecular complexity index is 588. The summed E-state index contributed by atoms with van der Waals surface area (Å²) in [4.78, 5) is 16.8. The molecule has 1 aromatic rings. The number of hydrogen-bond acceptors (Lipinski definition) is 5. The minimum absolute atomic E-state index is 0.0182. The molecule has 0 spiro atoms. The van der Waals surface area contributed by atoms with Crippen LogP contribution in [0.2, 0.25) is 0 Å². The molecule has 0 radical (unpaired) electrons. The number of para-hydroxylation sites is 1. The molecule has 0 saturated carbocycles. The number of carbonyl (C=O) groups is 1. The van der Waals surface area contributed by atoms with Crippen molar-refractivity contribution in [1.29, 1.82) is 0 Å². The number of nitrogens with zero attached hydrogens (tertiary/aromatic N) is 2. The van der Waals surface area contributed by atoms with Crippen molar-refractivity contribution in [2.45, 2.75) is 18.0 Å². The third kappa shape index (κ3) is 2.51. The summed E-state index contributed by atoms with van der Waals surface area (Å²) >= 11 is 0. The molecule has 4 rings (SSSR count). The van der Waals surface area contributed by atoms with E-state index in [2.05, 4.69) is 22.3 Å². The maximum Gasteiger partial charge on any atom is 0.237 e. The Balaban J connectivity index is 1.49. The fourth-order valence-electron chi connectivity index (χ4n) is 4.15. The second-order valence-electron chi connectivity index (χ2n) is 6.50. The molecular formula is C17H23N3O3. The minimum Gasteiger partial charge on any atom is -0.394 e. The van der Waals surface area contributed by atoms with Gasteiger partial charge in [-0.3, -0.25) is 9.69 Å². The van der Waals surface area contributed by atoms with E-state index < -0.39 is 0 Å². The summed E-state index contributed by atoms with van der Waals surface area (Å²) in [7, 11) is 0. The van der Waals surface area contributed by atoms with Crippen LogP contribution >= 0.6 is 0 Å². The number of rotatable bonds is 3. The second kappa shape index (κ2) is 6.11. The predicted molar refractivity (Wildman–Crippen MR) is 86.4 cm³/mol. The van der Waals surface area contributed by atoms with Crippen molar-refractivity contribution < 1.29 is 14.6 Å². The molecule has 2 N–H and O–H groups in total. The summed E-state index contributed by atoms with van der Waals surface area (Å²) in [5.74, 6) is 0.361. The molecule has 3 aliphatic rings. The van der Waals surface area contributed by atoms with Gasteiger partial charge in [0.15, 0.2) is 0 Å². The highest BCUT2D eigenvalue weighted by atomic mass is 16.5. The highest BCUT2D eigenvalue weighted by Crippen LogP contribution is 2.46. The highest BCUT2D eigenvalue weighted by molar-refractivity contribution is 5.81. The number of benzene rings is 1. The van der Waals surface area contributed by atoms with Gasteiger partial charge in [-0.25, -0.2) is 0 Å². The standard InChI is InChI=1S/C17H23N3O3/c21-11-15-17-12-3-1-2-4-13(12)18-9-14(17)20(15)16(22)10-19-5-7-23-8-6-19/h1-4,14-15,17-18,21H,5-11H2/t14-,15-,17+/m0/s1. The van der Waals surface area contributed by atoms with Crippen molar-refractivity contribution in [3.63, 3.8) is 0 Å².